The molecule has 1 rings (SSSR count). The smallest absolute Gasteiger partial charge is 0.0855 e. The standard InChI is InChI=1S/C9H16ClO/c1-3-5-7(10)6-9-8(4-2)11-9/h7-9H,1,3-6H2,2H3. The van der Waals surface area contributed by atoms with E-state index in [0.717, 1.165) is 25.7 Å². The largest absolute Gasteiger partial charge is 0.370 e. The molecule has 0 aliphatic carbocycles. The van der Waals surface area contributed by atoms with E-state index in [1.165, 1.54) is 0 Å². The first-order chi connectivity index (χ1) is 5.27. The predicted octanol–water partition coefficient (Wildman–Crippen LogP) is 2.78. The summed E-state index contributed by atoms with van der Waals surface area (Å²) >= 11 is 6.02. The van der Waals surface area contributed by atoms with Crippen LogP contribution in [-0.2, 0) is 4.74 Å². The Balaban J connectivity index is 2.03. The minimum absolute atomic E-state index is 0.272. The number of alkyl halides is 1. The molecule has 3 atom stereocenters. The third-order valence-corrected chi connectivity index (χ3v) is 2.49. The highest BCUT2D eigenvalue weighted by atomic mass is 35.5. The molecule has 65 valence electrons. The molecule has 11 heavy (non-hydrogen) atoms. The number of epoxide rings is 1. The highest BCUT2D eigenvalue weighted by Gasteiger charge is 2.37. The van der Waals surface area contributed by atoms with E-state index in [-0.39, 0.29) is 5.38 Å². The van der Waals surface area contributed by atoms with E-state index in [4.69, 9.17) is 16.3 Å². The van der Waals surface area contributed by atoms with Crippen LogP contribution in [0.25, 0.3) is 0 Å². The van der Waals surface area contributed by atoms with Crippen molar-refractivity contribution in [3.63, 3.8) is 0 Å². The second-order valence-electron chi connectivity index (χ2n) is 3.10. The minimum atomic E-state index is 0.272. The Kier molecular flexibility index (Phi) is 3.67. The summed E-state index contributed by atoms with van der Waals surface area (Å²) in [6.07, 6.45) is 5.03. The molecule has 0 N–H and O–H groups in total. The van der Waals surface area contributed by atoms with Crippen LogP contribution in [0.1, 0.15) is 32.6 Å². The molecule has 0 aromatic heterocycles. The molecular formula is C9H16ClO. The lowest BCUT2D eigenvalue weighted by Crippen LogP contribution is -2.04. The number of rotatable bonds is 5. The van der Waals surface area contributed by atoms with Crippen molar-refractivity contribution in [3.8, 4) is 0 Å². The molecule has 1 aliphatic rings. The van der Waals surface area contributed by atoms with E-state index < -0.39 is 0 Å². The Hall–Kier alpha value is 0.250. The van der Waals surface area contributed by atoms with Gasteiger partial charge in [-0.15, -0.1) is 11.6 Å². The molecule has 0 saturated carbocycles. The van der Waals surface area contributed by atoms with Crippen LogP contribution >= 0.6 is 11.6 Å². The zero-order valence-electron chi connectivity index (χ0n) is 7.05. The second-order valence-corrected chi connectivity index (χ2v) is 3.71. The fourth-order valence-corrected chi connectivity index (χ4v) is 1.67. The lowest BCUT2D eigenvalue weighted by molar-refractivity contribution is 0.357. The Morgan fingerprint density at radius 2 is 2.27 bits per heavy atom. The Morgan fingerprint density at radius 3 is 2.73 bits per heavy atom. The summed E-state index contributed by atoms with van der Waals surface area (Å²) in [6.45, 7) is 5.92. The first-order valence-corrected chi connectivity index (χ1v) is 4.80. The predicted molar refractivity (Wildman–Crippen MR) is 47.8 cm³/mol. The Labute approximate surface area is 74.1 Å². The highest BCUT2D eigenvalue weighted by molar-refractivity contribution is 6.20. The van der Waals surface area contributed by atoms with Gasteiger partial charge in [-0.3, -0.25) is 0 Å². The molecule has 1 radical (unpaired) electrons. The van der Waals surface area contributed by atoms with Gasteiger partial charge in [0.2, 0.25) is 0 Å². The number of ether oxygens (including phenoxy) is 1. The van der Waals surface area contributed by atoms with E-state index >= 15 is 0 Å². The maximum atomic E-state index is 6.02. The zero-order valence-corrected chi connectivity index (χ0v) is 7.81. The van der Waals surface area contributed by atoms with Gasteiger partial charge in [0.1, 0.15) is 0 Å². The van der Waals surface area contributed by atoms with Crippen molar-refractivity contribution in [2.24, 2.45) is 0 Å². The molecule has 1 saturated heterocycles. The van der Waals surface area contributed by atoms with Gasteiger partial charge in [-0.25, -0.2) is 0 Å². The van der Waals surface area contributed by atoms with Crippen molar-refractivity contribution in [1.82, 2.24) is 0 Å². The average molecular weight is 176 g/mol. The summed E-state index contributed by atoms with van der Waals surface area (Å²) in [7, 11) is 0. The summed E-state index contributed by atoms with van der Waals surface area (Å²) in [5.74, 6) is 0. The summed E-state index contributed by atoms with van der Waals surface area (Å²) < 4.78 is 5.38. The van der Waals surface area contributed by atoms with Crippen molar-refractivity contribution in [1.29, 1.82) is 0 Å². The van der Waals surface area contributed by atoms with Gasteiger partial charge in [-0.2, -0.15) is 0 Å². The Bertz CT molecular complexity index is 116. The molecule has 1 nitrogen and oxygen atoms in total. The summed E-state index contributed by atoms with van der Waals surface area (Å²) in [5, 5.41) is 0.272. The van der Waals surface area contributed by atoms with Gasteiger partial charge >= 0.3 is 0 Å². The van der Waals surface area contributed by atoms with Crippen molar-refractivity contribution in [3.05, 3.63) is 6.92 Å². The zero-order chi connectivity index (χ0) is 8.27. The van der Waals surface area contributed by atoms with Crippen molar-refractivity contribution < 1.29 is 4.74 Å². The van der Waals surface area contributed by atoms with Crippen molar-refractivity contribution >= 4 is 11.6 Å². The monoisotopic (exact) mass is 175 g/mol. The summed E-state index contributed by atoms with van der Waals surface area (Å²) in [4.78, 5) is 0. The molecule has 0 aromatic carbocycles. The van der Waals surface area contributed by atoms with Crippen LogP contribution in [0.5, 0.6) is 0 Å². The van der Waals surface area contributed by atoms with Gasteiger partial charge in [-0.05, 0) is 19.3 Å². The van der Waals surface area contributed by atoms with Crippen molar-refractivity contribution in [2.45, 2.75) is 50.2 Å². The molecule has 1 aliphatic heterocycles. The number of hydrogen-bond acceptors (Lipinski definition) is 1. The highest BCUT2D eigenvalue weighted by Crippen LogP contribution is 2.31. The van der Waals surface area contributed by atoms with Crippen molar-refractivity contribution in [2.75, 3.05) is 0 Å². The normalized spacial score (nSPS) is 31.9. The topological polar surface area (TPSA) is 12.5 Å². The van der Waals surface area contributed by atoms with Gasteiger partial charge in [0.15, 0.2) is 0 Å². The molecular weight excluding hydrogens is 160 g/mol. The van der Waals surface area contributed by atoms with Crippen LogP contribution in [0.3, 0.4) is 0 Å². The van der Waals surface area contributed by atoms with E-state index in [1.807, 2.05) is 0 Å². The van der Waals surface area contributed by atoms with E-state index in [9.17, 15) is 0 Å². The quantitative estimate of drug-likeness (QED) is 0.463. The summed E-state index contributed by atoms with van der Waals surface area (Å²) in [6, 6.07) is 0. The van der Waals surface area contributed by atoms with Crippen LogP contribution in [0.4, 0.5) is 0 Å². The fraction of sp³-hybridized carbons (Fsp3) is 0.889. The minimum Gasteiger partial charge on any atom is -0.370 e. The molecule has 0 spiro atoms. The van der Waals surface area contributed by atoms with E-state index in [1.54, 1.807) is 0 Å². The number of hydrogen-bond donors (Lipinski definition) is 0. The fourth-order valence-electron chi connectivity index (χ4n) is 1.34. The van der Waals surface area contributed by atoms with E-state index in [0.29, 0.717) is 12.2 Å². The van der Waals surface area contributed by atoms with Gasteiger partial charge in [0, 0.05) is 5.38 Å². The molecule has 3 unspecified atom stereocenters. The molecule has 1 heterocycles. The first-order valence-electron chi connectivity index (χ1n) is 4.36. The molecule has 0 bridgehead atoms. The maximum absolute atomic E-state index is 6.02. The molecule has 1 fully saturated rings. The van der Waals surface area contributed by atoms with Gasteiger partial charge in [0.05, 0.1) is 12.2 Å². The molecule has 0 aromatic rings. The van der Waals surface area contributed by atoms with E-state index in [2.05, 4.69) is 13.8 Å². The van der Waals surface area contributed by atoms with Crippen LogP contribution in [0.2, 0.25) is 0 Å². The SMILES string of the molecule is [CH2]CCC(Cl)CC1OC1CC. The second kappa shape index (κ2) is 4.32. The lowest BCUT2D eigenvalue weighted by Gasteiger charge is -2.03. The maximum Gasteiger partial charge on any atom is 0.0855 e. The van der Waals surface area contributed by atoms with Gasteiger partial charge in [0.25, 0.3) is 0 Å². The summed E-state index contributed by atoms with van der Waals surface area (Å²) in [5.41, 5.74) is 0. The lowest BCUT2D eigenvalue weighted by atomic mass is 10.1. The average Bonchev–Trinajstić information content (AvgIpc) is 2.68. The number of halogens is 1. The van der Waals surface area contributed by atoms with Crippen LogP contribution in [0.15, 0.2) is 0 Å². The van der Waals surface area contributed by atoms with Crippen LogP contribution in [0, 0.1) is 6.92 Å². The van der Waals surface area contributed by atoms with Crippen LogP contribution < -0.4 is 0 Å². The van der Waals surface area contributed by atoms with Gasteiger partial charge in [-0.1, -0.05) is 20.3 Å². The first kappa shape index (κ1) is 9.34. The molecule has 0 amide bonds. The van der Waals surface area contributed by atoms with Gasteiger partial charge < -0.3 is 4.74 Å². The third kappa shape index (κ3) is 3.00. The Morgan fingerprint density at radius 1 is 1.55 bits per heavy atom. The van der Waals surface area contributed by atoms with Crippen LogP contribution in [-0.4, -0.2) is 17.6 Å². The third-order valence-electron chi connectivity index (χ3n) is 2.10. The molecule has 2 heteroatoms.